The number of carbonyl (C=O) groups excluding carboxylic acids is 3. The van der Waals surface area contributed by atoms with Gasteiger partial charge in [-0.3, -0.25) is 9.59 Å². The number of aliphatic carboxylic acids is 1. The maximum Gasteiger partial charge on any atom is 0.407 e. The highest BCUT2D eigenvalue weighted by Gasteiger charge is 2.29. The molecule has 4 N–H and O–H groups in total. The predicted molar refractivity (Wildman–Crippen MR) is 136 cm³/mol. The Kier molecular flexibility index (Phi) is 8.15. The fourth-order valence-corrected chi connectivity index (χ4v) is 4.34. The molecule has 37 heavy (non-hydrogen) atoms. The van der Waals surface area contributed by atoms with Crippen molar-refractivity contribution in [1.82, 2.24) is 16.0 Å². The number of nitrogens with one attached hydrogen (secondary N) is 3. The van der Waals surface area contributed by atoms with Gasteiger partial charge in [-0.2, -0.15) is 0 Å². The Morgan fingerprint density at radius 3 is 1.95 bits per heavy atom. The van der Waals surface area contributed by atoms with Crippen molar-refractivity contribution in [3.8, 4) is 11.1 Å². The number of carbonyl (C=O) groups is 4. The second-order valence-corrected chi connectivity index (χ2v) is 8.60. The fraction of sp³-hybridized carbons (Fsp3) is 0.214. The molecule has 190 valence electrons. The molecular formula is C28H27N3O6. The highest BCUT2D eigenvalue weighted by molar-refractivity contribution is 5.89. The van der Waals surface area contributed by atoms with E-state index in [2.05, 4.69) is 16.0 Å². The zero-order valence-electron chi connectivity index (χ0n) is 20.0. The second kappa shape index (κ2) is 11.9. The number of rotatable bonds is 10. The van der Waals surface area contributed by atoms with Gasteiger partial charge in [0.1, 0.15) is 19.2 Å². The molecule has 0 saturated carbocycles. The number of ether oxygens (including phenoxy) is 1. The summed E-state index contributed by atoms with van der Waals surface area (Å²) in [4.78, 5) is 47.9. The Morgan fingerprint density at radius 1 is 0.757 bits per heavy atom. The SMILES string of the molecule is O=C(CNC(=O)OCC1c2ccccc2-c2ccccc21)NCC(=O)NC(Cc1ccccc1)C(=O)O. The van der Waals surface area contributed by atoms with Gasteiger partial charge in [-0.25, -0.2) is 9.59 Å². The topological polar surface area (TPSA) is 134 Å². The van der Waals surface area contributed by atoms with Gasteiger partial charge in [-0.05, 0) is 27.8 Å². The largest absolute Gasteiger partial charge is 0.480 e. The molecule has 0 spiro atoms. The lowest BCUT2D eigenvalue weighted by Gasteiger charge is -2.15. The lowest BCUT2D eigenvalue weighted by molar-refractivity contribution is -0.141. The molecule has 4 rings (SSSR count). The molecule has 1 aliphatic rings. The smallest absolute Gasteiger partial charge is 0.407 e. The van der Waals surface area contributed by atoms with E-state index in [1.165, 1.54) is 0 Å². The summed E-state index contributed by atoms with van der Waals surface area (Å²) in [5.74, 6) is -2.55. The zero-order chi connectivity index (χ0) is 26.2. The van der Waals surface area contributed by atoms with Crippen LogP contribution in [0.25, 0.3) is 11.1 Å². The summed E-state index contributed by atoms with van der Waals surface area (Å²) in [7, 11) is 0. The normalized spacial score (nSPS) is 12.5. The second-order valence-electron chi connectivity index (χ2n) is 8.60. The molecule has 0 fully saturated rings. The minimum atomic E-state index is -1.18. The molecule has 3 aromatic rings. The molecule has 9 nitrogen and oxygen atoms in total. The third kappa shape index (κ3) is 6.52. The Balaban J connectivity index is 1.20. The van der Waals surface area contributed by atoms with E-state index < -0.39 is 43.0 Å². The molecule has 1 aliphatic carbocycles. The summed E-state index contributed by atoms with van der Waals surface area (Å²) in [5.41, 5.74) is 5.13. The van der Waals surface area contributed by atoms with E-state index in [0.29, 0.717) is 0 Å². The van der Waals surface area contributed by atoms with Gasteiger partial charge in [-0.15, -0.1) is 0 Å². The van der Waals surface area contributed by atoms with Gasteiger partial charge in [-0.1, -0.05) is 78.9 Å². The molecule has 0 bridgehead atoms. The first-order chi connectivity index (χ1) is 17.9. The molecule has 9 heteroatoms. The van der Waals surface area contributed by atoms with Crippen LogP contribution in [0.15, 0.2) is 78.9 Å². The number of carboxylic acids is 1. The van der Waals surface area contributed by atoms with Crippen molar-refractivity contribution in [2.24, 2.45) is 0 Å². The molecule has 3 aromatic carbocycles. The maximum absolute atomic E-state index is 12.2. The number of hydrogen-bond donors (Lipinski definition) is 4. The standard InChI is InChI=1S/C28H27N3O6/c32-25(29-16-26(33)31-24(27(34)35)14-18-8-2-1-3-9-18)15-30-28(36)37-17-23-21-12-6-4-10-19(21)20-11-5-7-13-22(20)23/h1-13,23-24H,14-17H2,(H,29,32)(H,30,36)(H,31,33)(H,34,35). The van der Waals surface area contributed by atoms with Crippen LogP contribution < -0.4 is 16.0 Å². The summed E-state index contributed by atoms with van der Waals surface area (Å²) in [6.07, 6.45) is -0.644. The number of alkyl carbamates (subject to hydrolysis) is 1. The van der Waals surface area contributed by atoms with Crippen molar-refractivity contribution in [2.75, 3.05) is 19.7 Å². The van der Waals surface area contributed by atoms with Gasteiger partial charge in [0, 0.05) is 12.3 Å². The number of carboxylic acid groups (broad SMARTS) is 1. The van der Waals surface area contributed by atoms with Crippen LogP contribution in [0.2, 0.25) is 0 Å². The molecule has 0 heterocycles. The third-order valence-corrected chi connectivity index (χ3v) is 6.10. The highest BCUT2D eigenvalue weighted by atomic mass is 16.5. The summed E-state index contributed by atoms with van der Waals surface area (Å²) < 4.78 is 5.38. The average molecular weight is 502 g/mol. The average Bonchev–Trinajstić information content (AvgIpc) is 3.23. The van der Waals surface area contributed by atoms with Crippen LogP contribution in [0.1, 0.15) is 22.6 Å². The monoisotopic (exact) mass is 501 g/mol. The molecule has 0 radical (unpaired) electrons. The quantitative estimate of drug-likeness (QED) is 0.337. The molecule has 0 aromatic heterocycles. The van der Waals surface area contributed by atoms with Crippen LogP contribution in [0, 0.1) is 0 Å². The lowest BCUT2D eigenvalue weighted by Crippen LogP contribution is -2.47. The zero-order valence-corrected chi connectivity index (χ0v) is 20.0. The van der Waals surface area contributed by atoms with Crippen molar-refractivity contribution in [3.05, 3.63) is 95.6 Å². The minimum Gasteiger partial charge on any atom is -0.480 e. The summed E-state index contributed by atoms with van der Waals surface area (Å²) in [6, 6.07) is 23.7. The van der Waals surface area contributed by atoms with Crippen LogP contribution >= 0.6 is 0 Å². The Bertz CT molecular complexity index is 1250. The number of benzene rings is 3. The highest BCUT2D eigenvalue weighted by Crippen LogP contribution is 2.44. The summed E-state index contributed by atoms with van der Waals surface area (Å²) >= 11 is 0. The van der Waals surface area contributed by atoms with Crippen molar-refractivity contribution >= 4 is 23.9 Å². The molecular weight excluding hydrogens is 474 g/mol. The van der Waals surface area contributed by atoms with Crippen molar-refractivity contribution in [1.29, 1.82) is 0 Å². The van der Waals surface area contributed by atoms with Crippen LogP contribution in [0.3, 0.4) is 0 Å². The van der Waals surface area contributed by atoms with E-state index in [1.807, 2.05) is 54.6 Å². The Labute approximate surface area is 213 Å². The van der Waals surface area contributed by atoms with Gasteiger partial charge in [0.2, 0.25) is 11.8 Å². The fourth-order valence-electron chi connectivity index (χ4n) is 4.34. The molecule has 0 aliphatic heterocycles. The van der Waals surface area contributed by atoms with E-state index in [9.17, 15) is 24.3 Å². The van der Waals surface area contributed by atoms with E-state index in [1.54, 1.807) is 24.3 Å². The first-order valence-corrected chi connectivity index (χ1v) is 11.8. The molecule has 0 saturated heterocycles. The number of amides is 3. The minimum absolute atomic E-state index is 0.103. The van der Waals surface area contributed by atoms with Gasteiger partial charge in [0.25, 0.3) is 0 Å². The van der Waals surface area contributed by atoms with Gasteiger partial charge in [0.15, 0.2) is 0 Å². The lowest BCUT2D eigenvalue weighted by atomic mass is 9.98. The van der Waals surface area contributed by atoms with Crippen LogP contribution in [-0.2, 0) is 25.5 Å². The van der Waals surface area contributed by atoms with E-state index in [0.717, 1.165) is 27.8 Å². The Morgan fingerprint density at radius 2 is 1.32 bits per heavy atom. The van der Waals surface area contributed by atoms with E-state index in [-0.39, 0.29) is 18.9 Å². The van der Waals surface area contributed by atoms with Crippen molar-refractivity contribution < 1.29 is 29.0 Å². The van der Waals surface area contributed by atoms with E-state index in [4.69, 9.17) is 4.74 Å². The van der Waals surface area contributed by atoms with E-state index >= 15 is 0 Å². The summed E-state index contributed by atoms with van der Waals surface area (Å²) in [6.45, 7) is -0.706. The van der Waals surface area contributed by atoms with Crippen molar-refractivity contribution in [2.45, 2.75) is 18.4 Å². The van der Waals surface area contributed by atoms with Crippen LogP contribution in [0.4, 0.5) is 4.79 Å². The third-order valence-electron chi connectivity index (χ3n) is 6.10. The van der Waals surface area contributed by atoms with Gasteiger partial charge < -0.3 is 25.8 Å². The number of fused-ring (bicyclic) bond motifs is 3. The summed E-state index contributed by atoms with van der Waals surface area (Å²) in [5, 5.41) is 16.5. The molecule has 1 unspecified atom stereocenters. The van der Waals surface area contributed by atoms with Crippen LogP contribution in [-0.4, -0.2) is 54.7 Å². The van der Waals surface area contributed by atoms with Crippen LogP contribution in [0.5, 0.6) is 0 Å². The maximum atomic E-state index is 12.2. The van der Waals surface area contributed by atoms with Gasteiger partial charge >= 0.3 is 12.1 Å². The predicted octanol–water partition coefficient (Wildman–Crippen LogP) is 2.45. The molecule has 1 atom stereocenters. The van der Waals surface area contributed by atoms with Crippen molar-refractivity contribution in [3.63, 3.8) is 0 Å². The van der Waals surface area contributed by atoms with Gasteiger partial charge in [0.05, 0.1) is 6.54 Å². The first-order valence-electron chi connectivity index (χ1n) is 11.8. The first kappa shape index (κ1) is 25.4. The molecule has 3 amide bonds. The number of hydrogen-bond acceptors (Lipinski definition) is 5. The Hall–Kier alpha value is -4.66.